The Balaban J connectivity index is 2.47. The molecule has 0 unspecified atom stereocenters. The van der Waals surface area contributed by atoms with Gasteiger partial charge in [0.2, 0.25) is 5.75 Å². The molecule has 112 valence electrons. The van der Waals surface area contributed by atoms with Crippen molar-refractivity contribution in [2.75, 3.05) is 0 Å². The van der Waals surface area contributed by atoms with E-state index in [1.807, 2.05) is 0 Å². The van der Waals surface area contributed by atoms with Crippen LogP contribution >= 0.6 is 0 Å². The van der Waals surface area contributed by atoms with Gasteiger partial charge in [0, 0.05) is 6.07 Å². The number of carboxylic acid groups (broad SMARTS) is 2. The van der Waals surface area contributed by atoms with Crippen LogP contribution in [-0.2, 0) is 0 Å². The topological polar surface area (TPSA) is 127 Å². The molecule has 8 nitrogen and oxygen atoms in total. The fraction of sp³-hybridized carbons (Fsp3) is 0. The minimum atomic E-state index is -1.34. The molecule has 2 rings (SSSR count). The molecule has 0 bridgehead atoms. The molecule has 0 atom stereocenters. The first-order chi connectivity index (χ1) is 10.4. The minimum absolute atomic E-state index is 0.119. The lowest BCUT2D eigenvalue weighted by Crippen LogP contribution is -2.03. The van der Waals surface area contributed by atoms with Crippen molar-refractivity contribution >= 4 is 17.6 Å². The lowest BCUT2D eigenvalue weighted by molar-refractivity contribution is -0.385. The molecule has 0 aromatic heterocycles. The van der Waals surface area contributed by atoms with Gasteiger partial charge in [-0.15, -0.1) is 0 Å². The SMILES string of the molecule is O=C(O)c1cc(Oc2ccccc2[N+](=O)[O-])cc(C(=O)O)c1. The number of aromatic carboxylic acids is 2. The summed E-state index contributed by atoms with van der Waals surface area (Å²) in [6, 6.07) is 8.64. The van der Waals surface area contributed by atoms with Crippen LogP contribution in [0.25, 0.3) is 0 Å². The average molecular weight is 303 g/mol. The van der Waals surface area contributed by atoms with Gasteiger partial charge in [-0.1, -0.05) is 12.1 Å². The van der Waals surface area contributed by atoms with Crippen molar-refractivity contribution in [3.05, 3.63) is 63.7 Å². The van der Waals surface area contributed by atoms with Gasteiger partial charge in [-0.3, -0.25) is 10.1 Å². The molecule has 0 saturated heterocycles. The minimum Gasteiger partial charge on any atom is -0.478 e. The third kappa shape index (κ3) is 3.18. The summed E-state index contributed by atoms with van der Waals surface area (Å²) in [4.78, 5) is 32.2. The zero-order valence-corrected chi connectivity index (χ0v) is 10.9. The van der Waals surface area contributed by atoms with Crippen LogP contribution < -0.4 is 4.74 Å². The van der Waals surface area contributed by atoms with Crippen molar-refractivity contribution in [3.63, 3.8) is 0 Å². The van der Waals surface area contributed by atoms with E-state index in [-0.39, 0.29) is 28.3 Å². The highest BCUT2D eigenvalue weighted by Crippen LogP contribution is 2.31. The monoisotopic (exact) mass is 303 g/mol. The second kappa shape index (κ2) is 5.92. The Morgan fingerprint density at radius 1 is 1.00 bits per heavy atom. The largest absolute Gasteiger partial charge is 0.478 e. The highest BCUT2D eigenvalue weighted by atomic mass is 16.6. The first-order valence-electron chi connectivity index (χ1n) is 5.91. The molecule has 0 aliphatic heterocycles. The summed E-state index contributed by atoms with van der Waals surface area (Å²) in [7, 11) is 0. The van der Waals surface area contributed by atoms with Crippen LogP contribution in [-0.4, -0.2) is 27.1 Å². The number of para-hydroxylation sites is 2. The predicted octanol–water partition coefficient (Wildman–Crippen LogP) is 2.78. The van der Waals surface area contributed by atoms with E-state index in [4.69, 9.17) is 14.9 Å². The molecule has 0 heterocycles. The van der Waals surface area contributed by atoms with E-state index in [2.05, 4.69) is 0 Å². The first kappa shape index (κ1) is 15.0. The van der Waals surface area contributed by atoms with Crippen molar-refractivity contribution in [2.45, 2.75) is 0 Å². The van der Waals surface area contributed by atoms with Gasteiger partial charge in [0.15, 0.2) is 0 Å². The molecule has 0 spiro atoms. The Labute approximate surface area is 123 Å². The van der Waals surface area contributed by atoms with Gasteiger partial charge >= 0.3 is 17.6 Å². The zero-order valence-electron chi connectivity index (χ0n) is 10.9. The van der Waals surface area contributed by atoms with Crippen LogP contribution in [0.1, 0.15) is 20.7 Å². The zero-order chi connectivity index (χ0) is 16.3. The van der Waals surface area contributed by atoms with Gasteiger partial charge in [-0.25, -0.2) is 9.59 Å². The van der Waals surface area contributed by atoms with E-state index in [1.54, 1.807) is 0 Å². The van der Waals surface area contributed by atoms with Crippen LogP contribution in [0.2, 0.25) is 0 Å². The second-order valence-electron chi connectivity index (χ2n) is 4.18. The number of ether oxygens (including phenoxy) is 1. The third-order valence-electron chi connectivity index (χ3n) is 2.69. The Kier molecular flexibility index (Phi) is 4.03. The highest BCUT2D eigenvalue weighted by Gasteiger charge is 2.17. The highest BCUT2D eigenvalue weighted by molar-refractivity contribution is 5.94. The maximum Gasteiger partial charge on any atom is 0.335 e. The van der Waals surface area contributed by atoms with Crippen molar-refractivity contribution in [2.24, 2.45) is 0 Å². The summed E-state index contributed by atoms with van der Waals surface area (Å²) in [5.74, 6) is -2.91. The number of nitro groups is 1. The van der Waals surface area contributed by atoms with Crippen LogP contribution in [0, 0.1) is 10.1 Å². The summed E-state index contributed by atoms with van der Waals surface area (Å²) in [5.41, 5.74) is -0.915. The number of rotatable bonds is 5. The number of nitro benzene ring substituents is 1. The van der Waals surface area contributed by atoms with E-state index in [9.17, 15) is 19.7 Å². The number of hydrogen-bond donors (Lipinski definition) is 2. The van der Waals surface area contributed by atoms with Crippen molar-refractivity contribution < 1.29 is 29.5 Å². The Morgan fingerprint density at radius 2 is 1.55 bits per heavy atom. The fourth-order valence-electron chi connectivity index (χ4n) is 1.73. The molecule has 8 heteroatoms. The number of nitrogens with zero attached hydrogens (tertiary/aromatic N) is 1. The molecular formula is C14H9NO7. The number of carbonyl (C=O) groups is 2. The Bertz CT molecular complexity index is 737. The van der Waals surface area contributed by atoms with Crippen molar-refractivity contribution in [3.8, 4) is 11.5 Å². The van der Waals surface area contributed by atoms with Gasteiger partial charge in [0.25, 0.3) is 0 Å². The summed E-state index contributed by atoms with van der Waals surface area (Å²) in [6.45, 7) is 0. The van der Waals surface area contributed by atoms with Gasteiger partial charge in [0.1, 0.15) is 5.75 Å². The van der Waals surface area contributed by atoms with E-state index < -0.39 is 16.9 Å². The van der Waals surface area contributed by atoms with Crippen LogP contribution in [0.5, 0.6) is 11.5 Å². The molecule has 22 heavy (non-hydrogen) atoms. The lowest BCUT2D eigenvalue weighted by Gasteiger charge is -2.08. The second-order valence-corrected chi connectivity index (χ2v) is 4.18. The Morgan fingerprint density at radius 3 is 2.05 bits per heavy atom. The first-order valence-corrected chi connectivity index (χ1v) is 5.91. The summed E-state index contributed by atoms with van der Waals surface area (Å²) >= 11 is 0. The lowest BCUT2D eigenvalue weighted by atomic mass is 10.1. The quantitative estimate of drug-likeness (QED) is 0.642. The molecule has 0 amide bonds. The van der Waals surface area contributed by atoms with E-state index in [0.717, 1.165) is 18.2 Å². The number of carboxylic acids is 2. The standard InChI is InChI=1S/C14H9NO7/c16-13(17)8-5-9(14(18)19)7-10(6-8)22-12-4-2-1-3-11(12)15(20)21/h1-7H,(H,16,17)(H,18,19). The van der Waals surface area contributed by atoms with Crippen molar-refractivity contribution in [1.82, 2.24) is 0 Å². The summed E-state index contributed by atoms with van der Waals surface area (Å²) in [5, 5.41) is 28.8. The number of hydrogen-bond acceptors (Lipinski definition) is 5. The summed E-state index contributed by atoms with van der Waals surface area (Å²) < 4.78 is 5.28. The van der Waals surface area contributed by atoms with Crippen LogP contribution in [0.4, 0.5) is 5.69 Å². The van der Waals surface area contributed by atoms with Gasteiger partial charge in [-0.05, 0) is 24.3 Å². The third-order valence-corrected chi connectivity index (χ3v) is 2.69. The van der Waals surface area contributed by atoms with Gasteiger partial charge < -0.3 is 14.9 Å². The molecular weight excluding hydrogens is 294 g/mol. The van der Waals surface area contributed by atoms with E-state index >= 15 is 0 Å². The molecule has 0 radical (unpaired) electrons. The molecule has 0 aliphatic carbocycles. The maximum absolute atomic E-state index is 11.0. The number of benzene rings is 2. The predicted molar refractivity (Wildman–Crippen MR) is 73.5 cm³/mol. The maximum atomic E-state index is 11.0. The van der Waals surface area contributed by atoms with Gasteiger partial charge in [-0.2, -0.15) is 0 Å². The van der Waals surface area contributed by atoms with Crippen LogP contribution in [0.15, 0.2) is 42.5 Å². The summed E-state index contributed by atoms with van der Waals surface area (Å²) in [6.07, 6.45) is 0. The molecule has 2 aromatic carbocycles. The normalized spacial score (nSPS) is 10.0. The smallest absolute Gasteiger partial charge is 0.335 e. The Hall–Kier alpha value is -3.42. The average Bonchev–Trinajstić information content (AvgIpc) is 2.47. The molecule has 2 aromatic rings. The molecule has 0 fully saturated rings. The molecule has 2 N–H and O–H groups in total. The molecule has 0 saturated carbocycles. The van der Waals surface area contributed by atoms with Gasteiger partial charge in [0.05, 0.1) is 16.1 Å². The molecule has 0 aliphatic rings. The van der Waals surface area contributed by atoms with E-state index in [1.165, 1.54) is 24.3 Å². The van der Waals surface area contributed by atoms with E-state index in [0.29, 0.717) is 0 Å². The van der Waals surface area contributed by atoms with Crippen LogP contribution in [0.3, 0.4) is 0 Å². The van der Waals surface area contributed by atoms with Crippen molar-refractivity contribution in [1.29, 1.82) is 0 Å². The fourth-order valence-corrected chi connectivity index (χ4v) is 1.73.